The van der Waals surface area contributed by atoms with E-state index in [0.717, 1.165) is 18.3 Å². The summed E-state index contributed by atoms with van der Waals surface area (Å²) in [6, 6.07) is 5.95. The van der Waals surface area contributed by atoms with Gasteiger partial charge in [-0.3, -0.25) is 9.78 Å². The Balaban J connectivity index is 1.49. The van der Waals surface area contributed by atoms with Crippen molar-refractivity contribution in [2.45, 2.75) is 55.5 Å². The van der Waals surface area contributed by atoms with Gasteiger partial charge >= 0.3 is 12.8 Å². The number of anilines is 1. The van der Waals surface area contributed by atoms with Gasteiger partial charge in [-0.2, -0.15) is 22.0 Å². The second-order valence-corrected chi connectivity index (χ2v) is 12.4. The molecular formula is C28H30F5N5O5S. The third kappa shape index (κ3) is 8.04. The Kier molecular flexibility index (Phi) is 10.5. The summed E-state index contributed by atoms with van der Waals surface area (Å²) in [5.74, 6) is -0.920. The van der Waals surface area contributed by atoms with Crippen LogP contribution in [0.3, 0.4) is 0 Å². The van der Waals surface area contributed by atoms with E-state index < -0.39 is 52.8 Å². The van der Waals surface area contributed by atoms with E-state index in [1.807, 2.05) is 0 Å². The number of carbonyl (C=O) groups excluding carboxylic acids is 1. The monoisotopic (exact) mass is 643 g/mol. The molecular weight excluding hydrogens is 613 g/mol. The fraction of sp³-hybridized carbons (Fsp3) is 0.429. The van der Waals surface area contributed by atoms with Gasteiger partial charge in [-0.05, 0) is 42.7 Å². The molecule has 44 heavy (non-hydrogen) atoms. The number of carbonyl (C=O) groups is 1. The van der Waals surface area contributed by atoms with Gasteiger partial charge in [0.25, 0.3) is 5.91 Å². The molecule has 3 atom stereocenters. The van der Waals surface area contributed by atoms with E-state index in [1.165, 1.54) is 43.6 Å². The molecule has 4 rings (SSSR count). The molecule has 1 aliphatic rings. The lowest BCUT2D eigenvalue weighted by atomic mass is 9.87. The van der Waals surface area contributed by atoms with Gasteiger partial charge in [0.1, 0.15) is 0 Å². The summed E-state index contributed by atoms with van der Waals surface area (Å²) in [5, 5.41) is 12.4. The lowest BCUT2D eigenvalue weighted by molar-refractivity contribution is -0.137. The molecule has 0 bridgehead atoms. The molecule has 0 radical (unpaired) electrons. The highest BCUT2D eigenvalue weighted by Gasteiger charge is 2.34. The Labute approximate surface area is 250 Å². The number of pyridine rings is 1. The Bertz CT molecular complexity index is 1510. The number of piperidine rings is 1. The molecule has 1 aromatic carbocycles. The number of rotatable bonds is 11. The number of amides is 1. The van der Waals surface area contributed by atoms with Crippen molar-refractivity contribution in [1.29, 1.82) is 0 Å². The molecule has 3 aromatic rings. The number of hydrogen-bond donors (Lipinski definition) is 2. The smallest absolute Gasteiger partial charge is 0.394 e. The summed E-state index contributed by atoms with van der Waals surface area (Å²) in [6.07, 6.45) is -0.0417. The quantitative estimate of drug-likeness (QED) is 0.296. The first kappa shape index (κ1) is 33.1. The normalized spacial score (nSPS) is 18.3. The summed E-state index contributed by atoms with van der Waals surface area (Å²) in [5.41, 5.74) is 0.0817. The molecule has 10 nitrogen and oxygen atoms in total. The van der Waals surface area contributed by atoms with Crippen molar-refractivity contribution >= 4 is 21.7 Å². The van der Waals surface area contributed by atoms with Gasteiger partial charge in [-0.25, -0.2) is 18.4 Å². The molecule has 1 saturated heterocycles. The van der Waals surface area contributed by atoms with Crippen molar-refractivity contribution in [3.8, 4) is 0 Å². The molecule has 0 spiro atoms. The summed E-state index contributed by atoms with van der Waals surface area (Å²) in [6.45, 7) is -2.18. The molecule has 1 fully saturated rings. The van der Waals surface area contributed by atoms with Crippen LogP contribution >= 0.6 is 0 Å². The van der Waals surface area contributed by atoms with E-state index in [4.69, 9.17) is 0 Å². The number of ether oxygens (including phenoxy) is 1. The first-order valence-corrected chi connectivity index (χ1v) is 15.2. The molecule has 1 unspecified atom stereocenters. The standard InChI is InChI=1S/C28H30F5N5O5S/c1-2-44(41,42)22-9-10-23(34-13-22)24(15-39)37-25(40)19-11-35-27(36-12-19)38-14-18(5-8-21(38)16-43-26(29)30)17-3-6-20(7-4-17)28(31,32)33/h3-4,6-7,9-13,18,21,24,26,39H,2,5,8,14-16H2,1H3,(H,37,40)/t18?,21-,24-/m0/s1. The maximum absolute atomic E-state index is 13.0. The minimum Gasteiger partial charge on any atom is -0.394 e. The molecule has 1 aliphatic heterocycles. The van der Waals surface area contributed by atoms with Crippen LogP contribution in [0.2, 0.25) is 0 Å². The number of aromatic nitrogens is 3. The third-order valence-electron chi connectivity index (χ3n) is 7.33. The highest BCUT2D eigenvalue weighted by atomic mass is 32.2. The summed E-state index contributed by atoms with van der Waals surface area (Å²) in [7, 11) is -3.48. The number of sulfone groups is 1. The predicted molar refractivity (Wildman–Crippen MR) is 148 cm³/mol. The molecule has 2 N–H and O–H groups in total. The first-order chi connectivity index (χ1) is 20.8. The van der Waals surface area contributed by atoms with Crippen molar-refractivity contribution < 1.29 is 45.0 Å². The third-order valence-corrected chi connectivity index (χ3v) is 9.05. The minimum atomic E-state index is -4.48. The molecule has 238 valence electrons. The number of hydrogen-bond acceptors (Lipinski definition) is 9. The first-order valence-electron chi connectivity index (χ1n) is 13.6. The SMILES string of the molecule is CCS(=O)(=O)c1ccc([C@H](CO)NC(=O)c2cnc(N3CC(c4ccc(C(F)(F)F)cc4)CC[C@H]3COC(F)F)nc2)nc1. The van der Waals surface area contributed by atoms with Gasteiger partial charge < -0.3 is 20.1 Å². The molecule has 3 heterocycles. The Morgan fingerprint density at radius 2 is 1.75 bits per heavy atom. The van der Waals surface area contributed by atoms with Crippen LogP contribution in [0.25, 0.3) is 0 Å². The topological polar surface area (TPSA) is 135 Å². The average molecular weight is 644 g/mol. The van der Waals surface area contributed by atoms with E-state index in [0.29, 0.717) is 18.4 Å². The van der Waals surface area contributed by atoms with E-state index in [-0.39, 0.29) is 46.9 Å². The molecule has 0 aliphatic carbocycles. The van der Waals surface area contributed by atoms with Crippen LogP contribution in [-0.2, 0) is 20.8 Å². The number of nitrogens with zero attached hydrogens (tertiary/aromatic N) is 4. The fourth-order valence-corrected chi connectivity index (χ4v) is 5.66. The van der Waals surface area contributed by atoms with Crippen LogP contribution in [0.5, 0.6) is 0 Å². The zero-order valence-corrected chi connectivity index (χ0v) is 24.2. The number of halogens is 5. The van der Waals surface area contributed by atoms with Crippen LogP contribution in [0.1, 0.15) is 58.9 Å². The Morgan fingerprint density at radius 3 is 2.30 bits per heavy atom. The van der Waals surface area contributed by atoms with Crippen LogP contribution in [-0.4, -0.2) is 72.5 Å². The zero-order valence-electron chi connectivity index (χ0n) is 23.4. The van der Waals surface area contributed by atoms with Gasteiger partial charge in [0.2, 0.25) is 5.95 Å². The van der Waals surface area contributed by atoms with Gasteiger partial charge in [0.05, 0.1) is 52.8 Å². The van der Waals surface area contributed by atoms with Crippen molar-refractivity contribution in [3.63, 3.8) is 0 Å². The molecule has 16 heteroatoms. The highest BCUT2D eigenvalue weighted by Crippen LogP contribution is 2.35. The van der Waals surface area contributed by atoms with Crippen LogP contribution in [0.15, 0.2) is 59.9 Å². The maximum atomic E-state index is 13.0. The molecule has 2 aromatic heterocycles. The van der Waals surface area contributed by atoms with Gasteiger partial charge in [0, 0.05) is 31.1 Å². The van der Waals surface area contributed by atoms with Crippen LogP contribution < -0.4 is 10.2 Å². The number of nitrogens with one attached hydrogen (secondary N) is 1. The van der Waals surface area contributed by atoms with Crippen LogP contribution in [0.4, 0.5) is 27.9 Å². The second kappa shape index (κ2) is 13.9. The van der Waals surface area contributed by atoms with Crippen molar-refractivity contribution in [3.05, 3.63) is 77.4 Å². The van der Waals surface area contributed by atoms with Crippen molar-refractivity contribution in [1.82, 2.24) is 20.3 Å². The van der Waals surface area contributed by atoms with Crippen molar-refractivity contribution in [2.75, 3.05) is 30.4 Å². The molecule has 0 saturated carbocycles. The van der Waals surface area contributed by atoms with Crippen LogP contribution in [0, 0.1) is 0 Å². The van der Waals surface area contributed by atoms with E-state index in [9.17, 15) is 40.3 Å². The summed E-state index contributed by atoms with van der Waals surface area (Å²) < 4.78 is 93.3. The minimum absolute atomic E-state index is 0.00582. The number of aliphatic hydroxyl groups is 1. The maximum Gasteiger partial charge on any atom is 0.416 e. The lowest BCUT2D eigenvalue weighted by Crippen LogP contribution is -2.46. The molecule has 1 amide bonds. The van der Waals surface area contributed by atoms with Gasteiger partial charge in [0.15, 0.2) is 9.84 Å². The van der Waals surface area contributed by atoms with E-state index in [1.54, 1.807) is 4.90 Å². The zero-order chi connectivity index (χ0) is 32.1. The number of aliphatic hydroxyl groups excluding tert-OH is 1. The number of benzene rings is 1. The summed E-state index contributed by atoms with van der Waals surface area (Å²) in [4.78, 5) is 27.1. The Hall–Kier alpha value is -3.76. The Morgan fingerprint density at radius 1 is 1.07 bits per heavy atom. The number of alkyl halides is 5. The van der Waals surface area contributed by atoms with Gasteiger partial charge in [-0.15, -0.1) is 0 Å². The fourth-order valence-electron chi connectivity index (χ4n) is 4.84. The van der Waals surface area contributed by atoms with E-state index >= 15 is 0 Å². The predicted octanol–water partition coefficient (Wildman–Crippen LogP) is 4.14. The van der Waals surface area contributed by atoms with Crippen molar-refractivity contribution in [2.24, 2.45) is 0 Å². The average Bonchev–Trinajstić information content (AvgIpc) is 3.02. The van der Waals surface area contributed by atoms with Gasteiger partial charge in [-0.1, -0.05) is 19.1 Å². The lowest BCUT2D eigenvalue weighted by Gasteiger charge is -2.39. The van der Waals surface area contributed by atoms with E-state index in [2.05, 4.69) is 25.0 Å². The largest absolute Gasteiger partial charge is 0.416 e. The highest BCUT2D eigenvalue weighted by molar-refractivity contribution is 7.91. The second-order valence-electron chi connectivity index (χ2n) is 10.1. The summed E-state index contributed by atoms with van der Waals surface area (Å²) >= 11 is 0.